The summed E-state index contributed by atoms with van der Waals surface area (Å²) in [6, 6.07) is 14.7. The summed E-state index contributed by atoms with van der Waals surface area (Å²) in [5.41, 5.74) is 5.96. The Hall–Kier alpha value is -2.04. The van der Waals surface area contributed by atoms with Crippen molar-refractivity contribution in [1.82, 2.24) is 9.80 Å². The van der Waals surface area contributed by atoms with Crippen molar-refractivity contribution in [2.75, 3.05) is 39.4 Å². The van der Waals surface area contributed by atoms with Crippen molar-refractivity contribution < 1.29 is 9.47 Å². The second-order valence-electron chi connectivity index (χ2n) is 12.8. The van der Waals surface area contributed by atoms with E-state index in [1.165, 1.54) is 113 Å². The van der Waals surface area contributed by atoms with Crippen LogP contribution >= 0.6 is 0 Å². The Morgan fingerprint density at radius 3 is 1.36 bits per heavy atom. The molecule has 0 fully saturated rings. The van der Waals surface area contributed by atoms with Gasteiger partial charge in [0.15, 0.2) is 0 Å². The van der Waals surface area contributed by atoms with Crippen molar-refractivity contribution in [3.8, 4) is 11.5 Å². The summed E-state index contributed by atoms with van der Waals surface area (Å²) in [6.45, 7) is 15.7. The standard InChI is InChI=1S/C38H60N2O2/c1-5-23-39(24-6-2)33-21-19-31-15-13-17-37(35(31)29-33)41-27-11-9-10-12-28-42-38-18-14-16-32-20-22-34(30-36(32)38)40(25-7-3)26-8-4/h13-18,33-34H,5-12,19-30H2,1-4H3. The zero-order valence-corrected chi connectivity index (χ0v) is 27.5. The maximum Gasteiger partial charge on any atom is 0.122 e. The van der Waals surface area contributed by atoms with Gasteiger partial charge in [-0.15, -0.1) is 0 Å². The second kappa shape index (κ2) is 17.9. The Kier molecular flexibility index (Phi) is 14.0. The Morgan fingerprint density at radius 2 is 0.976 bits per heavy atom. The summed E-state index contributed by atoms with van der Waals surface area (Å²) >= 11 is 0. The molecule has 0 radical (unpaired) electrons. The summed E-state index contributed by atoms with van der Waals surface area (Å²) in [5.74, 6) is 2.27. The van der Waals surface area contributed by atoms with E-state index in [2.05, 4.69) is 73.9 Å². The fraction of sp³-hybridized carbons (Fsp3) is 0.684. The van der Waals surface area contributed by atoms with Crippen LogP contribution in [0.5, 0.6) is 11.5 Å². The molecule has 4 heteroatoms. The Bertz CT molecular complexity index is 958. The molecular formula is C38H60N2O2. The van der Waals surface area contributed by atoms with Crippen molar-refractivity contribution in [3.63, 3.8) is 0 Å². The highest BCUT2D eigenvalue weighted by molar-refractivity contribution is 5.43. The first-order valence-electron chi connectivity index (χ1n) is 17.6. The molecular weight excluding hydrogens is 516 g/mol. The monoisotopic (exact) mass is 576 g/mol. The number of hydrogen-bond donors (Lipinski definition) is 0. The molecule has 2 aromatic carbocycles. The third-order valence-electron chi connectivity index (χ3n) is 9.46. The highest BCUT2D eigenvalue weighted by atomic mass is 16.5. The third-order valence-corrected chi connectivity index (χ3v) is 9.46. The molecule has 0 amide bonds. The maximum atomic E-state index is 6.40. The SMILES string of the molecule is CCCN(CCC)C1CCc2cccc(OCCCCCCOc3cccc4c3CC(N(CCC)CCC)CC4)c2C1. The maximum absolute atomic E-state index is 6.40. The van der Waals surface area contributed by atoms with E-state index < -0.39 is 0 Å². The number of benzene rings is 2. The molecule has 42 heavy (non-hydrogen) atoms. The molecule has 2 unspecified atom stereocenters. The normalized spacial score (nSPS) is 18.2. The molecule has 0 aliphatic heterocycles. The zero-order valence-electron chi connectivity index (χ0n) is 27.5. The molecule has 0 aromatic heterocycles. The van der Waals surface area contributed by atoms with Gasteiger partial charge in [0.25, 0.3) is 0 Å². The average Bonchev–Trinajstić information content (AvgIpc) is 3.01. The fourth-order valence-corrected chi connectivity index (χ4v) is 7.39. The minimum Gasteiger partial charge on any atom is -0.493 e. The van der Waals surface area contributed by atoms with Crippen LogP contribution in [-0.2, 0) is 25.7 Å². The van der Waals surface area contributed by atoms with Gasteiger partial charge in [-0.05, 0) is 150 Å². The van der Waals surface area contributed by atoms with Crippen LogP contribution in [0.2, 0.25) is 0 Å². The lowest BCUT2D eigenvalue weighted by Crippen LogP contribution is -2.40. The van der Waals surface area contributed by atoms with E-state index in [0.717, 1.165) is 50.4 Å². The lowest BCUT2D eigenvalue weighted by Gasteiger charge is -2.35. The lowest BCUT2D eigenvalue weighted by atomic mass is 9.86. The molecule has 2 aromatic rings. The smallest absolute Gasteiger partial charge is 0.122 e. The molecule has 0 heterocycles. The summed E-state index contributed by atoms with van der Waals surface area (Å²) in [4.78, 5) is 5.44. The van der Waals surface area contributed by atoms with Crippen molar-refractivity contribution in [2.45, 2.75) is 130 Å². The largest absolute Gasteiger partial charge is 0.493 e. The van der Waals surface area contributed by atoms with Crippen molar-refractivity contribution in [1.29, 1.82) is 0 Å². The summed E-state index contributed by atoms with van der Waals surface area (Å²) in [6.07, 6.45) is 16.7. The number of aryl methyl sites for hydroxylation is 2. The van der Waals surface area contributed by atoms with Gasteiger partial charge in [-0.3, -0.25) is 0 Å². The van der Waals surface area contributed by atoms with Crippen LogP contribution in [0.25, 0.3) is 0 Å². The molecule has 0 N–H and O–H groups in total. The average molecular weight is 577 g/mol. The molecule has 234 valence electrons. The number of fused-ring (bicyclic) bond motifs is 2. The van der Waals surface area contributed by atoms with Crippen LogP contribution in [0.3, 0.4) is 0 Å². The van der Waals surface area contributed by atoms with Gasteiger partial charge in [0, 0.05) is 12.1 Å². The Morgan fingerprint density at radius 1 is 0.571 bits per heavy atom. The van der Waals surface area contributed by atoms with Crippen molar-refractivity contribution in [3.05, 3.63) is 58.7 Å². The molecule has 0 saturated heterocycles. The van der Waals surface area contributed by atoms with Gasteiger partial charge in [0.05, 0.1) is 13.2 Å². The van der Waals surface area contributed by atoms with E-state index in [9.17, 15) is 0 Å². The van der Waals surface area contributed by atoms with Gasteiger partial charge in [0.2, 0.25) is 0 Å². The van der Waals surface area contributed by atoms with Gasteiger partial charge in [0.1, 0.15) is 11.5 Å². The van der Waals surface area contributed by atoms with Crippen LogP contribution < -0.4 is 9.47 Å². The molecule has 0 bridgehead atoms. The molecule has 0 saturated carbocycles. The van der Waals surface area contributed by atoms with Crippen LogP contribution in [-0.4, -0.2) is 61.3 Å². The molecule has 0 spiro atoms. The van der Waals surface area contributed by atoms with Gasteiger partial charge in [-0.25, -0.2) is 0 Å². The van der Waals surface area contributed by atoms with Crippen molar-refractivity contribution >= 4 is 0 Å². The lowest BCUT2D eigenvalue weighted by molar-refractivity contribution is 0.177. The highest BCUT2D eigenvalue weighted by Gasteiger charge is 2.27. The summed E-state index contributed by atoms with van der Waals surface area (Å²) in [7, 11) is 0. The predicted molar refractivity (Wildman–Crippen MR) is 178 cm³/mol. The molecule has 4 nitrogen and oxygen atoms in total. The van der Waals surface area contributed by atoms with Gasteiger partial charge < -0.3 is 19.3 Å². The topological polar surface area (TPSA) is 24.9 Å². The number of nitrogens with zero attached hydrogens (tertiary/aromatic N) is 2. The minimum atomic E-state index is 0.662. The number of ether oxygens (including phenoxy) is 2. The number of rotatable bonds is 19. The molecule has 2 atom stereocenters. The van der Waals surface area contributed by atoms with Crippen LogP contribution in [0.15, 0.2) is 36.4 Å². The Labute approximate surface area is 258 Å². The molecule has 2 aliphatic rings. The van der Waals surface area contributed by atoms with E-state index in [1.54, 1.807) is 0 Å². The first-order chi connectivity index (χ1) is 20.7. The van der Waals surface area contributed by atoms with Gasteiger partial charge >= 0.3 is 0 Å². The van der Waals surface area contributed by atoms with Crippen LogP contribution in [0.1, 0.15) is 114 Å². The number of hydrogen-bond acceptors (Lipinski definition) is 4. The third kappa shape index (κ3) is 9.23. The predicted octanol–water partition coefficient (Wildman–Crippen LogP) is 8.66. The van der Waals surface area contributed by atoms with Gasteiger partial charge in [-0.1, -0.05) is 52.0 Å². The summed E-state index contributed by atoms with van der Waals surface area (Å²) in [5, 5.41) is 0. The zero-order chi connectivity index (χ0) is 29.6. The quantitative estimate of drug-likeness (QED) is 0.156. The van der Waals surface area contributed by atoms with E-state index in [1.807, 2.05) is 0 Å². The van der Waals surface area contributed by atoms with Crippen LogP contribution in [0.4, 0.5) is 0 Å². The first kappa shape index (κ1) is 32.9. The minimum absolute atomic E-state index is 0.662. The molecule has 4 rings (SSSR count). The van der Waals surface area contributed by atoms with Crippen LogP contribution in [0, 0.1) is 0 Å². The van der Waals surface area contributed by atoms with Gasteiger partial charge in [-0.2, -0.15) is 0 Å². The number of unbranched alkanes of at least 4 members (excludes halogenated alkanes) is 3. The summed E-state index contributed by atoms with van der Waals surface area (Å²) < 4.78 is 12.8. The van der Waals surface area contributed by atoms with Crippen molar-refractivity contribution in [2.24, 2.45) is 0 Å². The van der Waals surface area contributed by atoms with E-state index in [-0.39, 0.29) is 0 Å². The van der Waals surface area contributed by atoms with E-state index in [4.69, 9.17) is 9.47 Å². The fourth-order valence-electron chi connectivity index (χ4n) is 7.39. The van der Waals surface area contributed by atoms with E-state index in [0.29, 0.717) is 12.1 Å². The molecule has 2 aliphatic carbocycles. The first-order valence-corrected chi connectivity index (χ1v) is 17.6. The Balaban J connectivity index is 1.18. The highest BCUT2D eigenvalue weighted by Crippen LogP contribution is 2.33. The second-order valence-corrected chi connectivity index (χ2v) is 12.8. The van der Waals surface area contributed by atoms with E-state index >= 15 is 0 Å².